The number of rotatable bonds is 2. The lowest BCUT2D eigenvalue weighted by molar-refractivity contribution is -0.131. The van der Waals surface area contributed by atoms with Crippen molar-refractivity contribution in [3.05, 3.63) is 15.9 Å². The Kier molecular flexibility index (Phi) is 3.96. The minimum absolute atomic E-state index is 0.00144. The van der Waals surface area contributed by atoms with E-state index >= 15 is 0 Å². The Bertz CT molecular complexity index is 377. The predicted octanol–water partition coefficient (Wildman–Crippen LogP) is 1.46. The van der Waals surface area contributed by atoms with Crippen LogP contribution in [-0.2, 0) is 9.53 Å². The fourth-order valence-corrected chi connectivity index (χ4v) is 2.86. The van der Waals surface area contributed by atoms with Crippen LogP contribution in [0.5, 0.6) is 0 Å². The molecule has 16 heavy (non-hydrogen) atoms. The summed E-state index contributed by atoms with van der Waals surface area (Å²) in [7, 11) is 1.78. The monoisotopic (exact) mass is 304 g/mol. The van der Waals surface area contributed by atoms with Gasteiger partial charge in [0.15, 0.2) is 0 Å². The summed E-state index contributed by atoms with van der Waals surface area (Å²) in [6.07, 6.45) is -0.361. The number of hydrogen-bond acceptors (Lipinski definition) is 4. The van der Waals surface area contributed by atoms with Crippen LogP contribution in [-0.4, -0.2) is 38.8 Å². The Labute approximate surface area is 107 Å². The molecule has 0 aromatic carbocycles. The third-order valence-corrected chi connectivity index (χ3v) is 4.12. The maximum absolute atomic E-state index is 12.1. The second-order valence-electron chi connectivity index (χ2n) is 3.54. The number of anilines is 1. The van der Waals surface area contributed by atoms with E-state index in [2.05, 4.69) is 21.2 Å². The average molecular weight is 305 g/mol. The molecule has 6 heteroatoms. The number of carbonyl (C=O) groups is 1. The van der Waals surface area contributed by atoms with Crippen LogP contribution in [0.4, 0.5) is 5.00 Å². The van der Waals surface area contributed by atoms with Crippen molar-refractivity contribution in [2.45, 2.75) is 6.10 Å². The summed E-state index contributed by atoms with van der Waals surface area (Å²) < 4.78 is 6.45. The summed E-state index contributed by atoms with van der Waals surface area (Å²) in [6.45, 7) is 2.01. The number of amides is 1. The first kappa shape index (κ1) is 12.0. The highest BCUT2D eigenvalue weighted by molar-refractivity contribution is 9.11. The minimum atomic E-state index is -0.361. The summed E-state index contributed by atoms with van der Waals surface area (Å²) in [6, 6.07) is 3.85. The molecule has 4 nitrogen and oxygen atoms in total. The van der Waals surface area contributed by atoms with E-state index in [9.17, 15) is 4.79 Å². The zero-order valence-electron chi connectivity index (χ0n) is 8.90. The molecule has 2 rings (SSSR count). The molecule has 0 bridgehead atoms. The Hall–Kier alpha value is -0.430. The van der Waals surface area contributed by atoms with Crippen LogP contribution < -0.4 is 10.2 Å². The molecule has 0 saturated carbocycles. The van der Waals surface area contributed by atoms with Crippen LogP contribution in [0.25, 0.3) is 0 Å². The predicted molar refractivity (Wildman–Crippen MR) is 68.0 cm³/mol. The van der Waals surface area contributed by atoms with Crippen LogP contribution in [0.1, 0.15) is 0 Å². The Morgan fingerprint density at radius 3 is 3.06 bits per heavy atom. The van der Waals surface area contributed by atoms with E-state index in [1.807, 2.05) is 12.1 Å². The van der Waals surface area contributed by atoms with Gasteiger partial charge in [0.25, 0.3) is 5.91 Å². The summed E-state index contributed by atoms with van der Waals surface area (Å²) >= 11 is 4.92. The maximum Gasteiger partial charge on any atom is 0.257 e. The lowest BCUT2D eigenvalue weighted by Crippen LogP contribution is -2.48. The van der Waals surface area contributed by atoms with Gasteiger partial charge in [0.1, 0.15) is 6.10 Å². The van der Waals surface area contributed by atoms with Gasteiger partial charge >= 0.3 is 0 Å². The highest BCUT2D eigenvalue weighted by Gasteiger charge is 2.26. The average Bonchev–Trinajstić information content (AvgIpc) is 2.75. The molecule has 1 amide bonds. The molecule has 1 N–H and O–H groups in total. The first-order valence-corrected chi connectivity index (χ1v) is 6.64. The number of carbonyl (C=O) groups excluding carboxylic acids is 1. The van der Waals surface area contributed by atoms with Gasteiger partial charge in [-0.25, -0.2) is 0 Å². The van der Waals surface area contributed by atoms with Crippen molar-refractivity contribution < 1.29 is 9.53 Å². The van der Waals surface area contributed by atoms with E-state index in [-0.39, 0.29) is 12.0 Å². The molecule has 88 valence electrons. The standard InChI is InChI=1S/C10H13BrN2O2S/c1-13(9-3-2-8(11)16-9)10(14)7-6-12-4-5-15-7/h2-3,7,12H,4-6H2,1H3. The van der Waals surface area contributed by atoms with Gasteiger partial charge in [-0.2, -0.15) is 0 Å². The number of halogens is 1. The Balaban J connectivity index is 2.03. The van der Waals surface area contributed by atoms with Crippen LogP contribution in [0.15, 0.2) is 15.9 Å². The van der Waals surface area contributed by atoms with Crippen molar-refractivity contribution in [2.24, 2.45) is 0 Å². The topological polar surface area (TPSA) is 41.6 Å². The fraction of sp³-hybridized carbons (Fsp3) is 0.500. The molecule has 2 heterocycles. The van der Waals surface area contributed by atoms with Crippen molar-refractivity contribution in [2.75, 3.05) is 31.6 Å². The summed E-state index contributed by atoms with van der Waals surface area (Å²) in [5, 5.41) is 4.07. The molecule has 0 aliphatic carbocycles. The lowest BCUT2D eigenvalue weighted by atomic mass is 10.3. The van der Waals surface area contributed by atoms with Crippen molar-refractivity contribution in [3.8, 4) is 0 Å². The first-order chi connectivity index (χ1) is 7.68. The van der Waals surface area contributed by atoms with E-state index in [4.69, 9.17) is 4.74 Å². The molecule has 1 fully saturated rings. The number of nitrogens with one attached hydrogen (secondary N) is 1. The maximum atomic E-state index is 12.1. The molecular weight excluding hydrogens is 292 g/mol. The SMILES string of the molecule is CN(C(=O)C1CNCCO1)c1ccc(Br)s1. The second-order valence-corrected chi connectivity index (χ2v) is 5.98. The van der Waals surface area contributed by atoms with Crippen LogP contribution in [0.3, 0.4) is 0 Å². The summed E-state index contributed by atoms with van der Waals surface area (Å²) in [5.41, 5.74) is 0. The van der Waals surface area contributed by atoms with E-state index in [0.717, 1.165) is 15.3 Å². The zero-order valence-corrected chi connectivity index (χ0v) is 11.3. The van der Waals surface area contributed by atoms with Gasteiger partial charge in [0, 0.05) is 20.1 Å². The molecule has 0 radical (unpaired) electrons. The van der Waals surface area contributed by atoms with Gasteiger partial charge in [0.05, 0.1) is 15.4 Å². The number of nitrogens with zero attached hydrogens (tertiary/aromatic N) is 1. The smallest absolute Gasteiger partial charge is 0.257 e. The molecule has 1 atom stereocenters. The van der Waals surface area contributed by atoms with E-state index in [0.29, 0.717) is 13.2 Å². The lowest BCUT2D eigenvalue weighted by Gasteiger charge is -2.26. The fourth-order valence-electron chi connectivity index (χ4n) is 1.53. The van der Waals surface area contributed by atoms with Gasteiger partial charge < -0.3 is 15.0 Å². The van der Waals surface area contributed by atoms with Gasteiger partial charge in [0.2, 0.25) is 0 Å². The third-order valence-electron chi connectivity index (χ3n) is 2.42. The quantitative estimate of drug-likeness (QED) is 0.899. The molecular formula is C10H13BrN2O2S. The Morgan fingerprint density at radius 2 is 2.50 bits per heavy atom. The van der Waals surface area contributed by atoms with Crippen LogP contribution >= 0.6 is 27.3 Å². The van der Waals surface area contributed by atoms with Crippen molar-refractivity contribution in [3.63, 3.8) is 0 Å². The third kappa shape index (κ3) is 2.63. The molecule has 0 spiro atoms. The van der Waals surface area contributed by atoms with Gasteiger partial charge in [-0.15, -0.1) is 11.3 Å². The molecule has 1 aliphatic rings. The number of thiophene rings is 1. The van der Waals surface area contributed by atoms with Crippen molar-refractivity contribution in [1.29, 1.82) is 0 Å². The highest BCUT2D eigenvalue weighted by Crippen LogP contribution is 2.29. The number of ether oxygens (including phenoxy) is 1. The highest BCUT2D eigenvalue weighted by atomic mass is 79.9. The minimum Gasteiger partial charge on any atom is -0.366 e. The van der Waals surface area contributed by atoms with Crippen molar-refractivity contribution in [1.82, 2.24) is 5.32 Å². The van der Waals surface area contributed by atoms with E-state index in [1.54, 1.807) is 11.9 Å². The van der Waals surface area contributed by atoms with Crippen molar-refractivity contribution >= 4 is 38.2 Å². The molecule has 1 unspecified atom stereocenters. The zero-order chi connectivity index (χ0) is 11.5. The van der Waals surface area contributed by atoms with Crippen LogP contribution in [0, 0.1) is 0 Å². The molecule has 1 aromatic rings. The number of likely N-dealkylation sites (N-methyl/N-ethyl adjacent to an activating group) is 1. The largest absolute Gasteiger partial charge is 0.366 e. The molecule has 1 saturated heterocycles. The van der Waals surface area contributed by atoms with E-state index < -0.39 is 0 Å². The second kappa shape index (κ2) is 5.27. The number of morpholine rings is 1. The summed E-state index contributed by atoms with van der Waals surface area (Å²) in [5.74, 6) is 0.00144. The van der Waals surface area contributed by atoms with Crippen LogP contribution in [0.2, 0.25) is 0 Å². The normalized spacial score (nSPS) is 20.8. The first-order valence-electron chi connectivity index (χ1n) is 5.03. The molecule has 1 aromatic heterocycles. The van der Waals surface area contributed by atoms with Gasteiger partial charge in [-0.3, -0.25) is 4.79 Å². The van der Waals surface area contributed by atoms with Gasteiger partial charge in [-0.05, 0) is 28.1 Å². The van der Waals surface area contributed by atoms with E-state index in [1.165, 1.54) is 11.3 Å². The Morgan fingerprint density at radius 1 is 1.69 bits per heavy atom. The summed E-state index contributed by atoms with van der Waals surface area (Å²) in [4.78, 5) is 13.7. The van der Waals surface area contributed by atoms with Gasteiger partial charge in [-0.1, -0.05) is 0 Å². The molecule has 1 aliphatic heterocycles. The number of hydrogen-bond donors (Lipinski definition) is 1.